The third kappa shape index (κ3) is 9.16. The predicted octanol–water partition coefficient (Wildman–Crippen LogP) is 9.54. The molecule has 4 nitrogen and oxygen atoms in total. The Morgan fingerprint density at radius 1 is 0.927 bits per heavy atom. The van der Waals surface area contributed by atoms with Crippen molar-refractivity contribution in [2.24, 2.45) is 5.92 Å². The molecule has 3 aromatic rings. The summed E-state index contributed by atoms with van der Waals surface area (Å²) < 4.78 is 37.6. The van der Waals surface area contributed by atoms with Crippen molar-refractivity contribution in [1.29, 1.82) is 0 Å². The summed E-state index contributed by atoms with van der Waals surface area (Å²) in [5.41, 5.74) is 0.984. The molecule has 0 aliphatic heterocycles. The van der Waals surface area contributed by atoms with E-state index >= 15 is 8.78 Å². The number of rotatable bonds is 9. The van der Waals surface area contributed by atoms with Gasteiger partial charge in [-0.1, -0.05) is 97.9 Å². The van der Waals surface area contributed by atoms with Gasteiger partial charge >= 0.3 is 34.2 Å². The third-order valence-electron chi connectivity index (χ3n) is 7.09. The first-order valence-electron chi connectivity index (χ1n) is 13.9. The fourth-order valence-corrected chi connectivity index (χ4v) is 4.34. The van der Waals surface area contributed by atoms with Gasteiger partial charge in [0.2, 0.25) is 0 Å². The molecule has 2 heterocycles. The maximum absolute atomic E-state index is 16.0. The summed E-state index contributed by atoms with van der Waals surface area (Å²) in [6, 6.07) is 10.1. The Bertz CT molecular complexity index is 1240. The summed E-state index contributed by atoms with van der Waals surface area (Å²) in [4.78, 5) is 22.0. The molecular weight excluding hydrogens is 725 g/mol. The zero-order valence-electron chi connectivity index (χ0n) is 25.2. The van der Waals surface area contributed by atoms with E-state index in [1.165, 1.54) is 0 Å². The molecule has 0 fully saturated rings. The van der Waals surface area contributed by atoms with Crippen LogP contribution >= 0.6 is 9.42 Å². The number of ether oxygens (including phenoxy) is 1. The van der Waals surface area contributed by atoms with E-state index in [-0.39, 0.29) is 45.9 Å². The number of aromatic nitrogens is 2. The van der Waals surface area contributed by atoms with Gasteiger partial charge < -0.3 is 4.74 Å². The number of hydrogen-bond acceptors (Lipinski definition) is 4. The summed E-state index contributed by atoms with van der Waals surface area (Å²) in [6.07, 6.45) is 6.89. The summed E-state index contributed by atoms with van der Waals surface area (Å²) in [6.45, 7) is 16.4. The predicted molar refractivity (Wildman–Crippen MR) is 158 cm³/mol. The van der Waals surface area contributed by atoms with Crippen molar-refractivity contribution in [3.8, 4) is 22.5 Å². The van der Waals surface area contributed by atoms with Crippen molar-refractivity contribution in [2.45, 2.75) is 91.9 Å². The molecule has 0 amide bonds. The Labute approximate surface area is 259 Å². The van der Waals surface area contributed by atoms with Gasteiger partial charge in [-0.2, -0.15) is 0 Å². The van der Waals surface area contributed by atoms with Gasteiger partial charge in [0.15, 0.2) is 0 Å². The van der Waals surface area contributed by atoms with Gasteiger partial charge in [0.1, 0.15) is 0 Å². The summed E-state index contributed by atoms with van der Waals surface area (Å²) >= 11 is 1.61. The zero-order chi connectivity index (χ0) is 31.0. The molecule has 8 heteroatoms. The standard InChI is InChI=1S/C33H41F2N2O2.ClH.Pt/c1-9-11-12-21(10-2)20-39-31(38)28-29(34)24(26-17-22(13-15-36-26)32(3,4)5)19-25(30(28)35)27-18-23(14-16-37-27)33(6,7)8;;/h13-18,21H,9-12,20H2,1-8H3;1H;/q-1;;+2/p-1. The van der Waals surface area contributed by atoms with Crippen LogP contribution in [0.2, 0.25) is 0 Å². The van der Waals surface area contributed by atoms with Crippen LogP contribution in [0.25, 0.3) is 22.5 Å². The summed E-state index contributed by atoms with van der Waals surface area (Å²) in [5.74, 6) is -2.97. The van der Waals surface area contributed by atoms with Gasteiger partial charge in [-0.05, 0) is 46.4 Å². The molecule has 226 valence electrons. The van der Waals surface area contributed by atoms with E-state index in [2.05, 4.69) is 32.4 Å². The normalized spacial score (nSPS) is 12.4. The molecule has 1 atom stereocenters. The topological polar surface area (TPSA) is 52.1 Å². The Kier molecular flexibility index (Phi) is 13.1. The first-order valence-corrected chi connectivity index (χ1v) is 16.8. The van der Waals surface area contributed by atoms with Crippen LogP contribution in [-0.4, -0.2) is 22.5 Å². The van der Waals surface area contributed by atoms with Crippen molar-refractivity contribution < 1.29 is 37.1 Å². The zero-order valence-corrected chi connectivity index (χ0v) is 28.3. The number of pyridine rings is 2. The van der Waals surface area contributed by atoms with Crippen molar-refractivity contribution in [2.75, 3.05) is 6.61 Å². The van der Waals surface area contributed by atoms with Crippen molar-refractivity contribution in [1.82, 2.24) is 9.97 Å². The number of carbonyl (C=O) groups excluding carboxylic acids is 1. The molecule has 41 heavy (non-hydrogen) atoms. The van der Waals surface area contributed by atoms with E-state index in [9.17, 15) is 4.79 Å². The number of nitrogens with zero attached hydrogens (tertiary/aromatic N) is 2. The fraction of sp³-hybridized carbons (Fsp3) is 0.485. The maximum atomic E-state index is 16.0. The van der Waals surface area contributed by atoms with Gasteiger partial charge in [-0.3, -0.25) is 18.7 Å². The van der Waals surface area contributed by atoms with Crippen molar-refractivity contribution in [3.63, 3.8) is 0 Å². The molecule has 0 saturated carbocycles. The molecule has 0 aliphatic rings. The van der Waals surface area contributed by atoms with Crippen molar-refractivity contribution >= 4 is 15.4 Å². The molecule has 0 bridgehead atoms. The first kappa shape index (κ1) is 35.0. The van der Waals surface area contributed by atoms with Crippen LogP contribution in [0.3, 0.4) is 0 Å². The summed E-state index contributed by atoms with van der Waals surface area (Å²) in [7, 11) is 4.61. The van der Waals surface area contributed by atoms with Crippen LogP contribution in [0.1, 0.15) is 103 Å². The minimum absolute atomic E-state index is 0.0922. The molecule has 0 radical (unpaired) electrons. The number of unbranched alkanes of at least 4 members (excludes halogenated alkanes) is 1. The first-order chi connectivity index (χ1) is 19.3. The summed E-state index contributed by atoms with van der Waals surface area (Å²) in [5, 5.41) is 0. The van der Waals surface area contributed by atoms with Crippen LogP contribution < -0.4 is 0 Å². The molecule has 3 rings (SSSR count). The van der Waals surface area contributed by atoms with E-state index in [1.807, 2.05) is 60.6 Å². The van der Waals surface area contributed by atoms with E-state index in [0.29, 0.717) is 0 Å². The molecule has 2 aromatic heterocycles. The number of benzene rings is 1. The van der Waals surface area contributed by atoms with Crippen LogP contribution in [-0.2, 0) is 34.3 Å². The SMILES string of the molecule is CCCCC(CC)COC(=O)c1c(F)c(-c2cc(C(C)(C)C)ccn2)[c-]c(-c2cc(C(C)(C)C)ccn2)c1F.[Cl][Pt+]. The average molecular weight is 766 g/mol. The average Bonchev–Trinajstić information content (AvgIpc) is 2.93. The Hall–Kier alpha value is -2.17. The number of hydrogen-bond donors (Lipinski definition) is 0. The van der Waals surface area contributed by atoms with Gasteiger partial charge in [-0.25, -0.2) is 4.79 Å². The van der Waals surface area contributed by atoms with Crippen LogP contribution in [0.15, 0.2) is 36.7 Å². The Morgan fingerprint density at radius 3 is 1.78 bits per heavy atom. The van der Waals surface area contributed by atoms with Gasteiger partial charge in [0, 0.05) is 23.8 Å². The van der Waals surface area contributed by atoms with Crippen LogP contribution in [0, 0.1) is 23.6 Å². The second-order valence-electron chi connectivity index (χ2n) is 12.3. The minimum atomic E-state index is -1.03. The second kappa shape index (κ2) is 15.3. The van der Waals surface area contributed by atoms with E-state index < -0.39 is 23.2 Å². The molecule has 1 aromatic carbocycles. The number of esters is 1. The molecule has 1 unspecified atom stereocenters. The number of carbonyl (C=O) groups is 1. The van der Waals surface area contributed by atoms with E-state index in [0.717, 1.165) is 36.8 Å². The van der Waals surface area contributed by atoms with Gasteiger partial charge in [0.25, 0.3) is 0 Å². The monoisotopic (exact) mass is 765 g/mol. The third-order valence-corrected chi connectivity index (χ3v) is 7.09. The number of halogens is 3. The van der Waals surface area contributed by atoms with Gasteiger partial charge in [0.05, 0.1) is 23.8 Å². The molecule has 0 N–H and O–H groups in total. The van der Waals surface area contributed by atoms with Crippen LogP contribution in [0.4, 0.5) is 8.78 Å². The second-order valence-corrected chi connectivity index (χ2v) is 12.3. The molecule has 0 spiro atoms. The molecule has 0 saturated heterocycles. The Morgan fingerprint density at radius 2 is 1.39 bits per heavy atom. The van der Waals surface area contributed by atoms with Gasteiger partial charge in [-0.15, -0.1) is 6.07 Å². The molecule has 0 aliphatic carbocycles. The van der Waals surface area contributed by atoms with E-state index in [1.54, 1.807) is 43.3 Å². The Balaban J connectivity index is 0.00000287. The van der Waals surface area contributed by atoms with E-state index in [4.69, 9.17) is 4.74 Å². The quantitative estimate of drug-likeness (QED) is 0.161. The van der Waals surface area contributed by atoms with Crippen molar-refractivity contribution in [3.05, 3.63) is 71.1 Å². The van der Waals surface area contributed by atoms with Crippen LogP contribution in [0.5, 0.6) is 0 Å². The fourth-order valence-electron chi connectivity index (χ4n) is 4.34. The molecular formula is C33H41ClF2N2O2Pt.